The Balaban J connectivity index is 2.01. The van der Waals surface area contributed by atoms with Gasteiger partial charge in [-0.15, -0.1) is 12.6 Å². The van der Waals surface area contributed by atoms with E-state index < -0.39 is 0 Å². The van der Waals surface area contributed by atoms with Crippen molar-refractivity contribution in [1.29, 1.82) is 0 Å². The summed E-state index contributed by atoms with van der Waals surface area (Å²) >= 11 is 5.87. The average Bonchev–Trinajstić information content (AvgIpc) is 2.72. The Bertz CT molecular complexity index is 534. The molecular weight excluding hydrogens is 250 g/mol. The summed E-state index contributed by atoms with van der Waals surface area (Å²) in [5.74, 6) is -0.0634. The van der Waals surface area contributed by atoms with Gasteiger partial charge in [-0.25, -0.2) is 0 Å². The summed E-state index contributed by atoms with van der Waals surface area (Å²) in [7, 11) is 0. The minimum Gasteiger partial charge on any atom is -0.348 e. The third-order valence-electron chi connectivity index (χ3n) is 2.51. The molecule has 0 saturated heterocycles. The maximum Gasteiger partial charge on any atom is 0.251 e. The lowest BCUT2D eigenvalue weighted by atomic mass is 10.2. The zero-order valence-electron chi connectivity index (χ0n) is 9.43. The fourth-order valence-electron chi connectivity index (χ4n) is 1.49. The van der Waals surface area contributed by atoms with Crippen molar-refractivity contribution in [1.82, 2.24) is 5.32 Å². The maximum atomic E-state index is 11.9. The Morgan fingerprint density at radius 1 is 1.41 bits per heavy atom. The highest BCUT2D eigenvalue weighted by atomic mass is 32.1. The molecule has 0 unspecified atom stereocenters. The minimum absolute atomic E-state index is 0.0634. The van der Waals surface area contributed by atoms with E-state index >= 15 is 0 Å². The number of hydrogen-bond donors (Lipinski definition) is 2. The Kier molecular flexibility index (Phi) is 3.86. The minimum atomic E-state index is -0.0634. The SMILES string of the molecule is Cc1cscc1CNC(=O)c1cccc(S)c1. The van der Waals surface area contributed by atoms with E-state index in [2.05, 4.69) is 28.7 Å². The van der Waals surface area contributed by atoms with Crippen molar-refractivity contribution in [2.24, 2.45) is 0 Å². The number of thiol groups is 1. The Morgan fingerprint density at radius 3 is 2.88 bits per heavy atom. The molecule has 2 nitrogen and oxygen atoms in total. The molecule has 17 heavy (non-hydrogen) atoms. The van der Waals surface area contributed by atoms with E-state index in [0.717, 1.165) is 4.90 Å². The van der Waals surface area contributed by atoms with Crippen LogP contribution in [0, 0.1) is 6.92 Å². The van der Waals surface area contributed by atoms with E-state index in [9.17, 15) is 4.79 Å². The van der Waals surface area contributed by atoms with Crippen molar-refractivity contribution >= 4 is 29.9 Å². The monoisotopic (exact) mass is 263 g/mol. The molecule has 0 aliphatic carbocycles. The molecular formula is C13H13NOS2. The molecule has 0 aliphatic heterocycles. The number of amides is 1. The van der Waals surface area contributed by atoms with Crippen LogP contribution in [0.15, 0.2) is 39.9 Å². The van der Waals surface area contributed by atoms with Gasteiger partial charge in [0.15, 0.2) is 0 Å². The van der Waals surface area contributed by atoms with Gasteiger partial charge in [0.2, 0.25) is 0 Å². The van der Waals surface area contributed by atoms with Crippen LogP contribution in [-0.2, 0) is 6.54 Å². The molecule has 0 fully saturated rings. The second-order valence-corrected chi connectivity index (χ2v) is 5.07. The van der Waals surface area contributed by atoms with E-state index in [4.69, 9.17) is 0 Å². The molecule has 1 heterocycles. The van der Waals surface area contributed by atoms with Gasteiger partial charge in [-0.05, 0) is 47.0 Å². The van der Waals surface area contributed by atoms with Crippen molar-refractivity contribution in [3.8, 4) is 0 Å². The van der Waals surface area contributed by atoms with Gasteiger partial charge in [-0.1, -0.05) is 6.07 Å². The number of aryl methyl sites for hydroxylation is 1. The fraction of sp³-hybridized carbons (Fsp3) is 0.154. The first-order valence-electron chi connectivity index (χ1n) is 5.25. The first-order valence-corrected chi connectivity index (χ1v) is 6.64. The molecule has 0 atom stereocenters. The molecule has 1 aromatic carbocycles. The summed E-state index contributed by atoms with van der Waals surface area (Å²) in [6, 6.07) is 7.23. The van der Waals surface area contributed by atoms with Gasteiger partial charge >= 0.3 is 0 Å². The van der Waals surface area contributed by atoms with Gasteiger partial charge in [0.1, 0.15) is 0 Å². The molecule has 2 rings (SSSR count). The van der Waals surface area contributed by atoms with Crippen LogP contribution in [0.4, 0.5) is 0 Å². The van der Waals surface area contributed by atoms with Gasteiger partial charge < -0.3 is 5.32 Å². The number of carbonyl (C=O) groups is 1. The summed E-state index contributed by atoms with van der Waals surface area (Å²) in [5.41, 5.74) is 3.04. The first-order chi connectivity index (χ1) is 8.16. The third-order valence-corrected chi connectivity index (χ3v) is 3.70. The predicted molar refractivity (Wildman–Crippen MR) is 73.9 cm³/mol. The lowest BCUT2D eigenvalue weighted by molar-refractivity contribution is 0.0950. The van der Waals surface area contributed by atoms with Crippen LogP contribution in [0.5, 0.6) is 0 Å². The zero-order valence-corrected chi connectivity index (χ0v) is 11.1. The fourth-order valence-corrected chi connectivity index (χ4v) is 2.57. The second kappa shape index (κ2) is 5.38. The molecule has 0 spiro atoms. The Hall–Kier alpha value is -1.26. The normalized spacial score (nSPS) is 10.2. The molecule has 0 radical (unpaired) electrons. The molecule has 1 amide bonds. The van der Waals surface area contributed by atoms with E-state index in [0.29, 0.717) is 12.1 Å². The van der Waals surface area contributed by atoms with Crippen LogP contribution in [0.3, 0.4) is 0 Å². The predicted octanol–water partition coefficient (Wildman–Crippen LogP) is 3.28. The van der Waals surface area contributed by atoms with Gasteiger partial charge in [-0.2, -0.15) is 11.3 Å². The third kappa shape index (κ3) is 3.11. The molecule has 2 aromatic rings. The smallest absolute Gasteiger partial charge is 0.251 e. The van der Waals surface area contributed by atoms with Crippen molar-refractivity contribution in [3.05, 3.63) is 51.7 Å². The van der Waals surface area contributed by atoms with Crippen molar-refractivity contribution < 1.29 is 4.79 Å². The summed E-state index contributed by atoms with van der Waals surface area (Å²) in [6.07, 6.45) is 0. The lowest BCUT2D eigenvalue weighted by Gasteiger charge is -2.05. The van der Waals surface area contributed by atoms with Crippen molar-refractivity contribution in [3.63, 3.8) is 0 Å². The standard InChI is InChI=1S/C13H13NOS2/c1-9-7-17-8-11(9)6-14-13(15)10-3-2-4-12(16)5-10/h2-5,7-8,16H,6H2,1H3,(H,14,15). The highest BCUT2D eigenvalue weighted by Crippen LogP contribution is 2.14. The number of carbonyl (C=O) groups excluding carboxylic acids is 1. The second-order valence-electron chi connectivity index (χ2n) is 3.81. The summed E-state index contributed by atoms with van der Waals surface area (Å²) in [6.45, 7) is 2.62. The summed E-state index contributed by atoms with van der Waals surface area (Å²) < 4.78 is 0. The van der Waals surface area contributed by atoms with Crippen LogP contribution in [0.25, 0.3) is 0 Å². The van der Waals surface area contributed by atoms with Crippen LogP contribution < -0.4 is 5.32 Å². The highest BCUT2D eigenvalue weighted by molar-refractivity contribution is 7.80. The van der Waals surface area contributed by atoms with Crippen LogP contribution in [0.2, 0.25) is 0 Å². The molecule has 0 bridgehead atoms. The lowest BCUT2D eigenvalue weighted by Crippen LogP contribution is -2.22. The number of hydrogen-bond acceptors (Lipinski definition) is 3. The van der Waals surface area contributed by atoms with Gasteiger partial charge in [-0.3, -0.25) is 4.79 Å². The van der Waals surface area contributed by atoms with E-state index in [1.54, 1.807) is 23.5 Å². The van der Waals surface area contributed by atoms with Gasteiger partial charge in [0, 0.05) is 17.0 Å². The molecule has 88 valence electrons. The van der Waals surface area contributed by atoms with Gasteiger partial charge in [0.25, 0.3) is 5.91 Å². The molecule has 1 N–H and O–H groups in total. The van der Waals surface area contributed by atoms with E-state index in [-0.39, 0.29) is 5.91 Å². The van der Waals surface area contributed by atoms with Crippen LogP contribution in [0.1, 0.15) is 21.5 Å². The summed E-state index contributed by atoms with van der Waals surface area (Å²) in [4.78, 5) is 12.7. The van der Waals surface area contributed by atoms with Crippen LogP contribution in [-0.4, -0.2) is 5.91 Å². The topological polar surface area (TPSA) is 29.1 Å². The average molecular weight is 263 g/mol. The zero-order chi connectivity index (χ0) is 12.3. The number of benzene rings is 1. The van der Waals surface area contributed by atoms with Crippen molar-refractivity contribution in [2.45, 2.75) is 18.4 Å². The van der Waals surface area contributed by atoms with Crippen molar-refractivity contribution in [2.75, 3.05) is 0 Å². The first kappa shape index (κ1) is 12.2. The van der Waals surface area contributed by atoms with Crippen LogP contribution >= 0.6 is 24.0 Å². The largest absolute Gasteiger partial charge is 0.348 e. The Morgan fingerprint density at radius 2 is 2.24 bits per heavy atom. The number of thiophene rings is 1. The molecule has 0 saturated carbocycles. The quantitative estimate of drug-likeness (QED) is 0.818. The molecule has 4 heteroatoms. The Labute approximate surface area is 110 Å². The number of rotatable bonds is 3. The highest BCUT2D eigenvalue weighted by Gasteiger charge is 2.06. The van der Waals surface area contributed by atoms with E-state index in [1.165, 1.54) is 11.1 Å². The van der Waals surface area contributed by atoms with Gasteiger partial charge in [0.05, 0.1) is 0 Å². The maximum absolute atomic E-state index is 11.9. The summed E-state index contributed by atoms with van der Waals surface area (Å²) in [5, 5.41) is 7.04. The number of nitrogens with one attached hydrogen (secondary N) is 1. The molecule has 0 aliphatic rings. The van der Waals surface area contributed by atoms with E-state index in [1.807, 2.05) is 19.1 Å². The molecule has 1 aromatic heterocycles.